The van der Waals surface area contributed by atoms with Crippen LogP contribution in [0.15, 0.2) is 66.7 Å². The third kappa shape index (κ3) is 6.06. The molecular formula is C20H22O2. The smallest absolute Gasteiger partial charge is 0.126 e. The first kappa shape index (κ1) is 16.2. The molecule has 2 rings (SSSR count). The summed E-state index contributed by atoms with van der Waals surface area (Å²) >= 11 is 0. The van der Waals surface area contributed by atoms with Crippen molar-refractivity contribution in [3.63, 3.8) is 0 Å². The quantitative estimate of drug-likeness (QED) is 0.502. The third-order valence-electron chi connectivity index (χ3n) is 3.45. The molecule has 0 bridgehead atoms. The van der Waals surface area contributed by atoms with Crippen molar-refractivity contribution in [1.29, 1.82) is 0 Å². The molecule has 0 saturated heterocycles. The maximum absolute atomic E-state index is 11.1. The summed E-state index contributed by atoms with van der Waals surface area (Å²) in [6.45, 7) is 1.31. The lowest BCUT2D eigenvalue weighted by Crippen LogP contribution is -2.02. The molecule has 1 atom stereocenters. The van der Waals surface area contributed by atoms with Crippen molar-refractivity contribution >= 4 is 12.4 Å². The first-order chi connectivity index (χ1) is 10.9. The van der Waals surface area contributed by atoms with Crippen LogP contribution in [0.4, 0.5) is 0 Å². The second kappa shape index (κ2) is 9.69. The minimum absolute atomic E-state index is 0.0412. The second-order valence-corrected chi connectivity index (χ2v) is 5.25. The lowest BCUT2D eigenvalue weighted by atomic mass is 10.0. The molecule has 2 aromatic rings. The van der Waals surface area contributed by atoms with Crippen LogP contribution >= 0.6 is 0 Å². The lowest BCUT2D eigenvalue weighted by molar-refractivity contribution is -0.110. The second-order valence-electron chi connectivity index (χ2n) is 5.25. The van der Waals surface area contributed by atoms with Crippen LogP contribution in [-0.4, -0.2) is 12.9 Å². The normalized spacial score (nSPS) is 12.4. The number of carbonyl (C=O) groups excluding carboxylic acids is 1. The molecule has 0 aromatic heterocycles. The fraction of sp³-hybridized carbons (Fsp3) is 0.250. The molecule has 0 fully saturated rings. The molecular weight excluding hydrogens is 272 g/mol. The number of ether oxygens (including phenoxy) is 1. The molecule has 0 N–H and O–H groups in total. The van der Waals surface area contributed by atoms with Gasteiger partial charge in [0.25, 0.3) is 0 Å². The SMILES string of the molecule is O=CC(/C=C/c1ccccc1)CCCOCc1ccccc1. The van der Waals surface area contributed by atoms with Gasteiger partial charge in [0.2, 0.25) is 0 Å². The van der Waals surface area contributed by atoms with Crippen molar-refractivity contribution in [2.75, 3.05) is 6.61 Å². The van der Waals surface area contributed by atoms with Crippen LogP contribution in [0.2, 0.25) is 0 Å². The number of hydrogen-bond acceptors (Lipinski definition) is 2. The van der Waals surface area contributed by atoms with E-state index in [1.807, 2.05) is 60.7 Å². The molecule has 0 saturated carbocycles. The molecule has 0 aliphatic rings. The van der Waals surface area contributed by atoms with Gasteiger partial charge in [0.15, 0.2) is 0 Å². The molecule has 2 aromatic carbocycles. The average molecular weight is 294 g/mol. The van der Waals surface area contributed by atoms with Crippen LogP contribution in [-0.2, 0) is 16.1 Å². The fourth-order valence-corrected chi connectivity index (χ4v) is 2.19. The molecule has 0 radical (unpaired) electrons. The maximum Gasteiger partial charge on any atom is 0.126 e. The minimum Gasteiger partial charge on any atom is -0.377 e. The van der Waals surface area contributed by atoms with E-state index in [-0.39, 0.29) is 5.92 Å². The first-order valence-corrected chi connectivity index (χ1v) is 7.68. The predicted molar refractivity (Wildman–Crippen MR) is 90.4 cm³/mol. The van der Waals surface area contributed by atoms with Gasteiger partial charge < -0.3 is 9.53 Å². The molecule has 0 aliphatic carbocycles. The fourth-order valence-electron chi connectivity index (χ4n) is 2.19. The Bertz CT molecular complexity index is 561. The van der Waals surface area contributed by atoms with Gasteiger partial charge in [-0.05, 0) is 24.0 Å². The van der Waals surface area contributed by atoms with Crippen molar-refractivity contribution < 1.29 is 9.53 Å². The Balaban J connectivity index is 1.66. The number of aldehydes is 1. The number of rotatable bonds is 9. The highest BCUT2D eigenvalue weighted by atomic mass is 16.5. The number of hydrogen-bond donors (Lipinski definition) is 0. The van der Waals surface area contributed by atoms with Crippen LogP contribution in [0.5, 0.6) is 0 Å². The van der Waals surface area contributed by atoms with E-state index >= 15 is 0 Å². The molecule has 0 heterocycles. The highest BCUT2D eigenvalue weighted by molar-refractivity contribution is 5.61. The van der Waals surface area contributed by atoms with Crippen molar-refractivity contribution in [2.45, 2.75) is 19.4 Å². The Morgan fingerprint density at radius 1 is 0.955 bits per heavy atom. The van der Waals surface area contributed by atoms with Crippen molar-refractivity contribution in [3.8, 4) is 0 Å². The Morgan fingerprint density at radius 2 is 1.64 bits per heavy atom. The standard InChI is InChI=1S/C20H22O2/c21-16-19(14-13-18-8-3-1-4-9-18)12-7-15-22-17-20-10-5-2-6-11-20/h1-6,8-11,13-14,16,19H,7,12,15,17H2/b14-13+. The number of allylic oxidation sites excluding steroid dienone is 1. The molecule has 0 spiro atoms. The van der Waals surface area contributed by atoms with E-state index in [1.54, 1.807) is 0 Å². The van der Waals surface area contributed by atoms with Crippen LogP contribution in [0, 0.1) is 5.92 Å². The summed E-state index contributed by atoms with van der Waals surface area (Å²) in [5, 5.41) is 0. The summed E-state index contributed by atoms with van der Waals surface area (Å²) < 4.78 is 5.64. The van der Waals surface area contributed by atoms with Crippen molar-refractivity contribution in [3.05, 3.63) is 77.9 Å². The van der Waals surface area contributed by atoms with Gasteiger partial charge in [-0.15, -0.1) is 0 Å². The molecule has 22 heavy (non-hydrogen) atoms. The first-order valence-electron chi connectivity index (χ1n) is 7.68. The van der Waals surface area contributed by atoms with Gasteiger partial charge >= 0.3 is 0 Å². The van der Waals surface area contributed by atoms with Crippen molar-refractivity contribution in [2.24, 2.45) is 5.92 Å². The van der Waals surface area contributed by atoms with Gasteiger partial charge in [-0.3, -0.25) is 0 Å². The van der Waals surface area contributed by atoms with Gasteiger partial charge in [0.1, 0.15) is 6.29 Å². The van der Waals surface area contributed by atoms with E-state index in [9.17, 15) is 4.79 Å². The van der Waals surface area contributed by atoms with E-state index in [0.717, 1.165) is 24.7 Å². The van der Waals surface area contributed by atoms with Gasteiger partial charge in [0.05, 0.1) is 6.61 Å². The zero-order chi connectivity index (χ0) is 15.5. The zero-order valence-electron chi connectivity index (χ0n) is 12.7. The van der Waals surface area contributed by atoms with E-state index in [4.69, 9.17) is 4.74 Å². The van der Waals surface area contributed by atoms with Crippen LogP contribution < -0.4 is 0 Å². The van der Waals surface area contributed by atoms with Crippen LogP contribution in [0.3, 0.4) is 0 Å². The lowest BCUT2D eigenvalue weighted by Gasteiger charge is -2.06. The summed E-state index contributed by atoms with van der Waals surface area (Å²) in [5.41, 5.74) is 2.30. The van der Waals surface area contributed by atoms with E-state index in [1.165, 1.54) is 5.56 Å². The summed E-state index contributed by atoms with van der Waals surface area (Å²) in [6, 6.07) is 20.1. The molecule has 114 valence electrons. The Morgan fingerprint density at radius 3 is 2.32 bits per heavy atom. The molecule has 2 nitrogen and oxygen atoms in total. The van der Waals surface area contributed by atoms with E-state index in [0.29, 0.717) is 13.2 Å². The third-order valence-corrected chi connectivity index (χ3v) is 3.45. The minimum atomic E-state index is -0.0412. The number of carbonyl (C=O) groups is 1. The van der Waals surface area contributed by atoms with E-state index < -0.39 is 0 Å². The average Bonchev–Trinajstić information content (AvgIpc) is 2.59. The highest BCUT2D eigenvalue weighted by Gasteiger charge is 2.02. The Kier molecular flexibility index (Phi) is 7.13. The molecule has 1 unspecified atom stereocenters. The van der Waals surface area contributed by atoms with Gasteiger partial charge in [-0.25, -0.2) is 0 Å². The monoisotopic (exact) mass is 294 g/mol. The Hall–Kier alpha value is -2.19. The van der Waals surface area contributed by atoms with Crippen molar-refractivity contribution in [1.82, 2.24) is 0 Å². The van der Waals surface area contributed by atoms with E-state index in [2.05, 4.69) is 12.1 Å². The topological polar surface area (TPSA) is 26.3 Å². The summed E-state index contributed by atoms with van der Waals surface area (Å²) in [6.07, 6.45) is 6.69. The van der Waals surface area contributed by atoms with Gasteiger partial charge in [-0.2, -0.15) is 0 Å². The number of benzene rings is 2. The molecule has 2 heteroatoms. The summed E-state index contributed by atoms with van der Waals surface area (Å²) in [4.78, 5) is 11.1. The zero-order valence-corrected chi connectivity index (χ0v) is 12.7. The Labute approximate surface area is 132 Å². The van der Waals surface area contributed by atoms with Gasteiger partial charge in [-0.1, -0.05) is 72.8 Å². The highest BCUT2D eigenvalue weighted by Crippen LogP contribution is 2.10. The van der Waals surface area contributed by atoms with Crippen LogP contribution in [0.25, 0.3) is 6.08 Å². The van der Waals surface area contributed by atoms with Crippen LogP contribution in [0.1, 0.15) is 24.0 Å². The summed E-state index contributed by atoms with van der Waals surface area (Å²) in [5.74, 6) is -0.0412. The largest absolute Gasteiger partial charge is 0.377 e. The molecule has 0 amide bonds. The summed E-state index contributed by atoms with van der Waals surface area (Å²) in [7, 11) is 0. The van der Waals surface area contributed by atoms with Gasteiger partial charge in [0, 0.05) is 12.5 Å². The molecule has 0 aliphatic heterocycles. The maximum atomic E-state index is 11.1. The predicted octanol–water partition coefficient (Wildman–Crippen LogP) is 4.51.